The van der Waals surface area contributed by atoms with Crippen LogP contribution in [0.15, 0.2) is 12.1 Å². The second kappa shape index (κ2) is 7.59. The Morgan fingerprint density at radius 2 is 1.33 bits per heavy atom. The van der Waals surface area contributed by atoms with Crippen molar-refractivity contribution >= 4 is 23.1 Å². The van der Waals surface area contributed by atoms with Gasteiger partial charge in [0.1, 0.15) is 0 Å². The van der Waals surface area contributed by atoms with Crippen LogP contribution >= 0.6 is 0 Å². The molecule has 0 spiro atoms. The molecule has 1 aromatic rings. The van der Waals surface area contributed by atoms with Gasteiger partial charge in [0.05, 0.1) is 0 Å². The van der Waals surface area contributed by atoms with Crippen molar-refractivity contribution in [2.45, 2.75) is 20.8 Å². The van der Waals surface area contributed by atoms with Crippen LogP contribution in [0.25, 0.3) is 0 Å². The Kier molecular flexibility index (Phi) is 9.15. The molecule has 0 aliphatic carbocycles. The Labute approximate surface area is 91.0 Å². The summed E-state index contributed by atoms with van der Waals surface area (Å²) in [5.41, 5.74) is 3.78. The minimum atomic E-state index is 0. The maximum absolute atomic E-state index is 7.00. The smallest absolute Gasteiger partial charge is 0.400 e. The summed E-state index contributed by atoms with van der Waals surface area (Å²) in [6, 6.07) is 7.47. The third-order valence-corrected chi connectivity index (χ3v) is 1.28. The van der Waals surface area contributed by atoms with E-state index in [-0.39, 0.29) is 23.1 Å². The second-order valence-corrected chi connectivity index (χ2v) is 2.52. The van der Waals surface area contributed by atoms with Gasteiger partial charge in [-0.05, 0) is 0 Å². The van der Waals surface area contributed by atoms with E-state index in [2.05, 4.69) is 39.0 Å². The van der Waals surface area contributed by atoms with Gasteiger partial charge in [-0.3, -0.25) is 0 Å². The van der Waals surface area contributed by atoms with Crippen molar-refractivity contribution in [3.63, 3.8) is 0 Å². The third kappa shape index (κ3) is 5.58. The first kappa shape index (κ1) is 14.5. The summed E-state index contributed by atoms with van der Waals surface area (Å²) in [4.78, 5) is 0. The summed E-state index contributed by atoms with van der Waals surface area (Å²) < 4.78 is 0. The molecule has 62 valence electrons. The molecule has 2 heteroatoms. The molecule has 1 nitrogen and oxygen atoms in total. The van der Waals surface area contributed by atoms with E-state index in [9.17, 15) is 0 Å². The summed E-state index contributed by atoms with van der Waals surface area (Å²) in [6.07, 6.45) is 0. The van der Waals surface area contributed by atoms with Gasteiger partial charge in [0.25, 0.3) is 0 Å². The van der Waals surface area contributed by atoms with Gasteiger partial charge in [0, 0.05) is 7.11 Å². The Hall–Kier alpha value is -0.0538. The van der Waals surface area contributed by atoms with Crippen LogP contribution in [0.4, 0.5) is 0 Å². The maximum Gasteiger partial charge on any atom is 2.00 e. The summed E-state index contributed by atoms with van der Waals surface area (Å²) in [6.45, 7) is 6.24. The van der Waals surface area contributed by atoms with E-state index < -0.39 is 0 Å². The van der Waals surface area contributed by atoms with E-state index in [1.807, 2.05) is 0 Å². The van der Waals surface area contributed by atoms with Crippen molar-refractivity contribution in [3.05, 3.63) is 34.9 Å². The van der Waals surface area contributed by atoms with E-state index in [0.29, 0.717) is 0 Å². The van der Waals surface area contributed by atoms with Gasteiger partial charge in [0.2, 0.25) is 0 Å². The standard InChI is InChI=1S/C9H11.CH4O.Mg/c1-7-4-8(2)6-9(3)5-7;1-2;/h4-5H,1-3H3;2H,1H3;/q-1;;+2. The molecule has 0 saturated carbocycles. The molecule has 0 atom stereocenters. The summed E-state index contributed by atoms with van der Waals surface area (Å²) in [7, 11) is 1.00. The van der Waals surface area contributed by atoms with Crippen LogP contribution in [0, 0.1) is 26.8 Å². The van der Waals surface area contributed by atoms with Gasteiger partial charge in [-0.2, -0.15) is 34.9 Å². The summed E-state index contributed by atoms with van der Waals surface area (Å²) in [5.74, 6) is 0. The van der Waals surface area contributed by atoms with Crippen molar-refractivity contribution in [2.75, 3.05) is 7.11 Å². The van der Waals surface area contributed by atoms with Crippen molar-refractivity contribution < 1.29 is 5.11 Å². The monoisotopic (exact) mass is 175 g/mol. The molecule has 0 fully saturated rings. The zero-order valence-electron chi connectivity index (χ0n) is 8.31. The molecule has 12 heavy (non-hydrogen) atoms. The van der Waals surface area contributed by atoms with E-state index in [0.717, 1.165) is 7.11 Å². The number of aliphatic hydroxyl groups is 1. The van der Waals surface area contributed by atoms with Crippen LogP contribution in [-0.2, 0) is 0 Å². The number of benzene rings is 1. The quantitative estimate of drug-likeness (QED) is 0.470. The fraction of sp³-hybridized carbons (Fsp3) is 0.400. The van der Waals surface area contributed by atoms with Crippen LogP contribution in [0.2, 0.25) is 0 Å². The molecule has 0 unspecified atom stereocenters. The first-order valence-corrected chi connectivity index (χ1v) is 3.60. The van der Waals surface area contributed by atoms with E-state index in [4.69, 9.17) is 5.11 Å². The van der Waals surface area contributed by atoms with E-state index in [1.165, 1.54) is 16.7 Å². The Balaban J connectivity index is 0. The third-order valence-electron chi connectivity index (χ3n) is 1.28. The molecule has 1 N–H and O–H groups in total. The first-order valence-electron chi connectivity index (χ1n) is 3.60. The van der Waals surface area contributed by atoms with Gasteiger partial charge in [0.15, 0.2) is 0 Å². The minimum Gasteiger partial charge on any atom is -0.400 e. The number of aliphatic hydroxyl groups excluding tert-OH is 1. The Bertz CT molecular complexity index is 171. The fourth-order valence-electron chi connectivity index (χ4n) is 1.11. The number of hydrogen-bond donors (Lipinski definition) is 1. The van der Waals surface area contributed by atoms with Crippen LogP contribution in [0.3, 0.4) is 0 Å². The van der Waals surface area contributed by atoms with Crippen molar-refractivity contribution in [1.29, 1.82) is 0 Å². The zero-order valence-corrected chi connectivity index (χ0v) is 9.72. The molecule has 0 aliphatic heterocycles. The number of aryl methyl sites for hydroxylation is 3. The molecular formula is C10H15MgO+. The van der Waals surface area contributed by atoms with Crippen LogP contribution < -0.4 is 0 Å². The van der Waals surface area contributed by atoms with Crippen LogP contribution in [0.1, 0.15) is 16.7 Å². The van der Waals surface area contributed by atoms with Crippen molar-refractivity contribution in [2.24, 2.45) is 0 Å². The zero-order chi connectivity index (χ0) is 8.85. The minimum absolute atomic E-state index is 0. The molecule has 0 radical (unpaired) electrons. The predicted octanol–water partition coefficient (Wildman–Crippen LogP) is 1.64. The van der Waals surface area contributed by atoms with E-state index in [1.54, 1.807) is 0 Å². The normalized spacial score (nSPS) is 7.75. The van der Waals surface area contributed by atoms with Crippen LogP contribution in [0.5, 0.6) is 0 Å². The molecule has 0 bridgehead atoms. The summed E-state index contributed by atoms with van der Waals surface area (Å²) >= 11 is 0. The SMILES string of the molecule is CO.Cc1[c-]c(C)cc(C)c1.[Mg+2]. The van der Waals surface area contributed by atoms with Crippen LogP contribution in [-0.4, -0.2) is 35.3 Å². The molecule has 0 aromatic heterocycles. The predicted molar refractivity (Wildman–Crippen MR) is 53.4 cm³/mol. The average Bonchev–Trinajstić information content (AvgIpc) is 1.88. The molecular weight excluding hydrogens is 160 g/mol. The molecule has 0 saturated heterocycles. The van der Waals surface area contributed by atoms with Gasteiger partial charge in [-0.25, -0.2) is 0 Å². The molecule has 0 heterocycles. The topological polar surface area (TPSA) is 20.2 Å². The molecule has 0 aliphatic rings. The molecule has 1 aromatic carbocycles. The largest absolute Gasteiger partial charge is 2.00 e. The maximum atomic E-state index is 7.00. The van der Waals surface area contributed by atoms with Gasteiger partial charge < -0.3 is 5.11 Å². The van der Waals surface area contributed by atoms with E-state index >= 15 is 0 Å². The van der Waals surface area contributed by atoms with Crippen molar-refractivity contribution in [3.8, 4) is 0 Å². The number of hydrogen-bond acceptors (Lipinski definition) is 1. The average molecular weight is 176 g/mol. The Morgan fingerprint density at radius 3 is 1.58 bits per heavy atom. The Morgan fingerprint density at radius 1 is 1.00 bits per heavy atom. The van der Waals surface area contributed by atoms with Gasteiger partial charge >= 0.3 is 23.1 Å². The van der Waals surface area contributed by atoms with Gasteiger partial charge in [-0.1, -0.05) is 20.8 Å². The molecule has 0 amide bonds. The van der Waals surface area contributed by atoms with Gasteiger partial charge in [-0.15, -0.1) is 0 Å². The second-order valence-electron chi connectivity index (χ2n) is 2.52. The fourth-order valence-corrected chi connectivity index (χ4v) is 1.11. The number of rotatable bonds is 0. The first-order chi connectivity index (χ1) is 5.18. The molecule has 1 rings (SSSR count). The van der Waals surface area contributed by atoms with Crippen molar-refractivity contribution in [1.82, 2.24) is 0 Å². The summed E-state index contributed by atoms with van der Waals surface area (Å²) in [5, 5.41) is 7.00.